The third-order valence-corrected chi connectivity index (χ3v) is 4.00. The molecule has 0 aromatic heterocycles. The van der Waals surface area contributed by atoms with Crippen molar-refractivity contribution < 1.29 is 23.8 Å². The Balaban J connectivity index is 1.55. The second-order valence-electron chi connectivity index (χ2n) is 5.74. The van der Waals surface area contributed by atoms with Gasteiger partial charge in [0.25, 0.3) is 0 Å². The Hall–Kier alpha value is -2.89. The van der Waals surface area contributed by atoms with Crippen LogP contribution in [-0.4, -0.2) is 35.2 Å². The number of benzene rings is 2. The molecule has 2 aromatic rings. The van der Waals surface area contributed by atoms with Gasteiger partial charge in [0.2, 0.25) is 0 Å². The summed E-state index contributed by atoms with van der Waals surface area (Å²) < 4.78 is 19.9. The van der Waals surface area contributed by atoms with Crippen molar-refractivity contribution in [3.8, 4) is 0 Å². The van der Waals surface area contributed by atoms with Crippen LogP contribution in [0.15, 0.2) is 54.6 Å². The Morgan fingerprint density at radius 1 is 1.08 bits per heavy atom. The molecule has 124 valence electrons. The molecule has 0 bridgehead atoms. The SMILES string of the molecule is O=C(O)c1ccc(C2(F)CN(C(=O)OCc3ccccc3)C2)cc1. The zero-order valence-electron chi connectivity index (χ0n) is 12.8. The summed E-state index contributed by atoms with van der Waals surface area (Å²) in [5.74, 6) is -1.06. The van der Waals surface area contributed by atoms with E-state index in [1.165, 1.54) is 29.2 Å². The van der Waals surface area contributed by atoms with E-state index in [2.05, 4.69) is 0 Å². The van der Waals surface area contributed by atoms with E-state index in [-0.39, 0.29) is 25.3 Å². The number of rotatable bonds is 4. The van der Waals surface area contributed by atoms with Crippen LogP contribution in [0.2, 0.25) is 0 Å². The van der Waals surface area contributed by atoms with Gasteiger partial charge in [0.15, 0.2) is 5.67 Å². The molecule has 2 aromatic carbocycles. The van der Waals surface area contributed by atoms with Gasteiger partial charge in [0.1, 0.15) is 6.61 Å². The highest BCUT2D eigenvalue weighted by Crippen LogP contribution is 2.36. The number of amides is 1. The van der Waals surface area contributed by atoms with Gasteiger partial charge in [-0.15, -0.1) is 0 Å². The Bertz CT molecular complexity index is 739. The maximum absolute atomic E-state index is 14.7. The van der Waals surface area contributed by atoms with Gasteiger partial charge in [-0.1, -0.05) is 42.5 Å². The second kappa shape index (κ2) is 6.31. The Morgan fingerprint density at radius 2 is 1.71 bits per heavy atom. The van der Waals surface area contributed by atoms with Gasteiger partial charge in [0.05, 0.1) is 18.7 Å². The fourth-order valence-electron chi connectivity index (χ4n) is 2.59. The number of alkyl halides is 1. The Kier molecular flexibility index (Phi) is 4.20. The molecule has 1 heterocycles. The van der Waals surface area contributed by atoms with Crippen molar-refractivity contribution in [1.82, 2.24) is 4.90 Å². The summed E-state index contributed by atoms with van der Waals surface area (Å²) in [6.45, 7) is -0.0666. The highest BCUT2D eigenvalue weighted by Gasteiger charge is 2.47. The van der Waals surface area contributed by atoms with E-state index in [1.807, 2.05) is 30.3 Å². The lowest BCUT2D eigenvalue weighted by Gasteiger charge is -2.43. The molecule has 6 heteroatoms. The molecule has 3 rings (SSSR count). The first kappa shape index (κ1) is 16.0. The predicted molar refractivity (Wildman–Crippen MR) is 84.4 cm³/mol. The fraction of sp³-hybridized carbons (Fsp3) is 0.222. The molecule has 0 radical (unpaired) electrons. The molecular formula is C18H16FNO4. The van der Waals surface area contributed by atoms with Crippen LogP contribution in [0.25, 0.3) is 0 Å². The van der Waals surface area contributed by atoms with Gasteiger partial charge in [-0.05, 0) is 23.3 Å². The number of hydrogen-bond donors (Lipinski definition) is 1. The van der Waals surface area contributed by atoms with E-state index in [0.29, 0.717) is 5.56 Å². The molecule has 1 aliphatic heterocycles. The van der Waals surface area contributed by atoms with Crippen LogP contribution in [0, 0.1) is 0 Å². The molecule has 1 N–H and O–H groups in total. The first-order chi connectivity index (χ1) is 11.5. The zero-order valence-corrected chi connectivity index (χ0v) is 12.8. The van der Waals surface area contributed by atoms with Crippen molar-refractivity contribution in [1.29, 1.82) is 0 Å². The molecule has 1 aliphatic rings. The number of carbonyl (C=O) groups excluding carboxylic acids is 1. The number of ether oxygens (including phenoxy) is 1. The van der Waals surface area contributed by atoms with Crippen molar-refractivity contribution in [2.24, 2.45) is 0 Å². The van der Waals surface area contributed by atoms with Gasteiger partial charge in [-0.3, -0.25) is 0 Å². The van der Waals surface area contributed by atoms with Gasteiger partial charge < -0.3 is 14.7 Å². The lowest BCUT2D eigenvalue weighted by atomic mass is 9.88. The van der Waals surface area contributed by atoms with Crippen molar-refractivity contribution >= 4 is 12.1 Å². The van der Waals surface area contributed by atoms with Crippen molar-refractivity contribution in [2.75, 3.05) is 13.1 Å². The normalized spacial score (nSPS) is 15.5. The van der Waals surface area contributed by atoms with Crippen molar-refractivity contribution in [3.05, 3.63) is 71.3 Å². The number of carboxylic acids is 1. The average Bonchev–Trinajstić information content (AvgIpc) is 2.58. The van der Waals surface area contributed by atoms with Gasteiger partial charge in [-0.2, -0.15) is 0 Å². The molecule has 5 nitrogen and oxygen atoms in total. The van der Waals surface area contributed by atoms with E-state index in [0.717, 1.165) is 5.56 Å². The number of carbonyl (C=O) groups is 2. The number of carboxylic acid groups (broad SMARTS) is 1. The van der Waals surface area contributed by atoms with Gasteiger partial charge in [-0.25, -0.2) is 14.0 Å². The van der Waals surface area contributed by atoms with Crippen LogP contribution < -0.4 is 0 Å². The summed E-state index contributed by atoms with van der Waals surface area (Å²) in [7, 11) is 0. The van der Waals surface area contributed by atoms with E-state index in [9.17, 15) is 14.0 Å². The molecule has 0 spiro atoms. The first-order valence-electron chi connectivity index (χ1n) is 7.46. The summed E-state index contributed by atoms with van der Waals surface area (Å²) in [4.78, 5) is 24.0. The van der Waals surface area contributed by atoms with Crippen LogP contribution in [0.3, 0.4) is 0 Å². The molecule has 0 aliphatic carbocycles. The van der Waals surface area contributed by atoms with Crippen molar-refractivity contribution in [3.63, 3.8) is 0 Å². The second-order valence-corrected chi connectivity index (χ2v) is 5.74. The summed E-state index contributed by atoms with van der Waals surface area (Å²) in [6, 6.07) is 14.8. The van der Waals surface area contributed by atoms with Gasteiger partial charge in [0, 0.05) is 0 Å². The zero-order chi connectivity index (χ0) is 17.2. The molecule has 24 heavy (non-hydrogen) atoms. The highest BCUT2D eigenvalue weighted by molar-refractivity contribution is 5.87. The quantitative estimate of drug-likeness (QED) is 0.935. The third kappa shape index (κ3) is 3.22. The van der Waals surface area contributed by atoms with E-state index in [4.69, 9.17) is 9.84 Å². The minimum absolute atomic E-state index is 0.0980. The number of aromatic carboxylic acids is 1. The maximum Gasteiger partial charge on any atom is 0.410 e. The maximum atomic E-state index is 14.7. The average molecular weight is 329 g/mol. The van der Waals surface area contributed by atoms with Crippen molar-refractivity contribution in [2.45, 2.75) is 12.3 Å². The minimum atomic E-state index is -1.66. The molecule has 0 atom stereocenters. The summed E-state index contributed by atoms with van der Waals surface area (Å²) in [6.07, 6.45) is -0.561. The molecule has 0 unspecified atom stereocenters. The number of hydrogen-bond acceptors (Lipinski definition) is 3. The summed E-state index contributed by atoms with van der Waals surface area (Å²) in [5, 5.41) is 8.85. The van der Waals surface area contributed by atoms with Crippen LogP contribution in [0.1, 0.15) is 21.5 Å². The lowest BCUT2D eigenvalue weighted by Crippen LogP contribution is -2.58. The standard InChI is InChI=1S/C18H16FNO4/c19-18(15-8-6-14(7-9-15)16(21)22)11-20(12-18)17(23)24-10-13-4-2-1-3-5-13/h1-9H,10-12H2,(H,21,22). The minimum Gasteiger partial charge on any atom is -0.478 e. The first-order valence-corrected chi connectivity index (χ1v) is 7.46. The molecule has 0 saturated carbocycles. The monoisotopic (exact) mass is 329 g/mol. The van der Waals surface area contributed by atoms with Crippen LogP contribution in [0.5, 0.6) is 0 Å². The lowest BCUT2D eigenvalue weighted by molar-refractivity contribution is -0.0346. The molecule has 1 saturated heterocycles. The van der Waals surface area contributed by atoms with Gasteiger partial charge >= 0.3 is 12.1 Å². The molecular weight excluding hydrogens is 313 g/mol. The third-order valence-electron chi connectivity index (χ3n) is 4.00. The van der Waals surface area contributed by atoms with Crippen LogP contribution >= 0.6 is 0 Å². The fourth-order valence-corrected chi connectivity index (χ4v) is 2.59. The Morgan fingerprint density at radius 3 is 2.29 bits per heavy atom. The number of halogens is 1. The van der Waals surface area contributed by atoms with Crippen LogP contribution in [0.4, 0.5) is 9.18 Å². The van der Waals surface area contributed by atoms with E-state index >= 15 is 0 Å². The number of likely N-dealkylation sites (tertiary alicyclic amines) is 1. The number of nitrogens with zero attached hydrogens (tertiary/aromatic N) is 1. The van der Waals surface area contributed by atoms with E-state index in [1.54, 1.807) is 0 Å². The summed E-state index contributed by atoms with van der Waals surface area (Å²) in [5.41, 5.74) is -0.342. The Labute approximate surface area is 138 Å². The topological polar surface area (TPSA) is 66.8 Å². The predicted octanol–water partition coefficient (Wildman–Crippen LogP) is 3.20. The van der Waals surface area contributed by atoms with Crippen LogP contribution in [-0.2, 0) is 17.0 Å². The summed E-state index contributed by atoms with van der Waals surface area (Å²) >= 11 is 0. The molecule has 1 amide bonds. The highest BCUT2D eigenvalue weighted by atomic mass is 19.1. The van der Waals surface area contributed by atoms with E-state index < -0.39 is 17.7 Å². The molecule has 1 fully saturated rings. The smallest absolute Gasteiger partial charge is 0.410 e. The largest absolute Gasteiger partial charge is 0.478 e.